The fourth-order valence-electron chi connectivity index (χ4n) is 3.11. The number of hydrogen-bond acceptors (Lipinski definition) is 2. The molecule has 0 aliphatic heterocycles. The SMILES string of the molecule is CCCCCCCCCC(CCCCCC)Oc1ccc(O)cc1. The van der Waals surface area contributed by atoms with E-state index >= 15 is 0 Å². The van der Waals surface area contributed by atoms with Gasteiger partial charge in [-0.3, -0.25) is 0 Å². The Labute approximate surface area is 149 Å². The predicted octanol–water partition coefficient (Wildman–Crippen LogP) is 7.25. The summed E-state index contributed by atoms with van der Waals surface area (Å²) in [4.78, 5) is 0. The molecule has 0 bridgehead atoms. The average Bonchev–Trinajstić information content (AvgIpc) is 2.59. The summed E-state index contributed by atoms with van der Waals surface area (Å²) in [5.41, 5.74) is 0. The van der Waals surface area contributed by atoms with E-state index < -0.39 is 0 Å². The number of rotatable bonds is 15. The molecule has 0 fully saturated rings. The van der Waals surface area contributed by atoms with Gasteiger partial charge in [-0.2, -0.15) is 0 Å². The van der Waals surface area contributed by atoms with E-state index in [0.29, 0.717) is 11.9 Å². The molecule has 1 aromatic carbocycles. The molecule has 0 saturated heterocycles. The van der Waals surface area contributed by atoms with Gasteiger partial charge in [0.25, 0.3) is 0 Å². The van der Waals surface area contributed by atoms with E-state index in [-0.39, 0.29) is 0 Å². The van der Waals surface area contributed by atoms with Crippen LogP contribution < -0.4 is 4.74 Å². The molecule has 24 heavy (non-hydrogen) atoms. The van der Waals surface area contributed by atoms with Crippen molar-refractivity contribution in [2.24, 2.45) is 0 Å². The Bertz CT molecular complexity index is 385. The largest absolute Gasteiger partial charge is 0.508 e. The molecule has 1 aromatic rings. The second kappa shape index (κ2) is 14.2. The van der Waals surface area contributed by atoms with Crippen LogP contribution in [0.3, 0.4) is 0 Å². The monoisotopic (exact) mass is 334 g/mol. The Kier molecular flexibility index (Phi) is 12.3. The molecule has 0 spiro atoms. The van der Waals surface area contributed by atoms with E-state index in [4.69, 9.17) is 4.74 Å². The lowest BCUT2D eigenvalue weighted by molar-refractivity contribution is 0.172. The summed E-state index contributed by atoms with van der Waals surface area (Å²) in [5.74, 6) is 1.19. The fourth-order valence-corrected chi connectivity index (χ4v) is 3.11. The zero-order valence-corrected chi connectivity index (χ0v) is 15.9. The lowest BCUT2D eigenvalue weighted by Crippen LogP contribution is -2.16. The fraction of sp³-hybridized carbons (Fsp3) is 0.727. The standard InChI is InChI=1S/C22H38O2/c1-3-5-7-9-10-11-13-15-21(14-12-8-6-4-2)24-22-18-16-20(23)17-19-22/h16-19,21,23H,3-15H2,1-2H3. The Balaban J connectivity index is 2.30. The van der Waals surface area contributed by atoms with Crippen LogP contribution in [0.25, 0.3) is 0 Å². The minimum atomic E-state index is 0.300. The molecule has 138 valence electrons. The van der Waals surface area contributed by atoms with E-state index in [1.807, 2.05) is 12.1 Å². The number of ether oxygens (including phenoxy) is 1. The molecule has 0 aromatic heterocycles. The lowest BCUT2D eigenvalue weighted by atomic mass is 10.0. The van der Waals surface area contributed by atoms with Gasteiger partial charge in [0.15, 0.2) is 0 Å². The van der Waals surface area contributed by atoms with Gasteiger partial charge in [-0.25, -0.2) is 0 Å². The molecule has 1 N–H and O–H groups in total. The number of aromatic hydroxyl groups is 1. The third kappa shape index (κ3) is 10.6. The van der Waals surface area contributed by atoms with E-state index in [1.54, 1.807) is 12.1 Å². The van der Waals surface area contributed by atoms with Gasteiger partial charge in [-0.15, -0.1) is 0 Å². The Hall–Kier alpha value is -1.18. The van der Waals surface area contributed by atoms with E-state index in [0.717, 1.165) is 18.6 Å². The highest BCUT2D eigenvalue weighted by molar-refractivity contribution is 5.30. The molecule has 2 heteroatoms. The molecule has 0 radical (unpaired) electrons. The van der Waals surface area contributed by atoms with E-state index in [1.165, 1.54) is 70.6 Å². The van der Waals surface area contributed by atoms with Crippen molar-refractivity contribution in [1.82, 2.24) is 0 Å². The summed E-state index contributed by atoms with van der Waals surface area (Å²) in [6.45, 7) is 4.52. The third-order valence-corrected chi connectivity index (χ3v) is 4.65. The molecule has 0 amide bonds. The molecule has 0 saturated carbocycles. The number of phenolic OH excluding ortho intramolecular Hbond substituents is 1. The summed E-state index contributed by atoms with van der Waals surface area (Å²) < 4.78 is 6.18. The highest BCUT2D eigenvalue weighted by Gasteiger charge is 2.10. The zero-order chi connectivity index (χ0) is 17.5. The van der Waals surface area contributed by atoms with Crippen molar-refractivity contribution in [2.75, 3.05) is 0 Å². The smallest absolute Gasteiger partial charge is 0.119 e. The third-order valence-electron chi connectivity index (χ3n) is 4.65. The topological polar surface area (TPSA) is 29.5 Å². The molecule has 0 aliphatic carbocycles. The number of unbranched alkanes of at least 4 members (excludes halogenated alkanes) is 9. The molecule has 1 rings (SSSR count). The van der Waals surface area contributed by atoms with Gasteiger partial charge in [0, 0.05) is 0 Å². The first-order valence-corrected chi connectivity index (χ1v) is 10.2. The van der Waals surface area contributed by atoms with E-state index in [2.05, 4.69) is 13.8 Å². The lowest BCUT2D eigenvalue weighted by Gasteiger charge is -2.19. The van der Waals surface area contributed by atoms with Gasteiger partial charge in [0.05, 0.1) is 6.10 Å². The maximum Gasteiger partial charge on any atom is 0.119 e. The van der Waals surface area contributed by atoms with Gasteiger partial charge < -0.3 is 9.84 Å². The Morgan fingerprint density at radius 1 is 0.708 bits per heavy atom. The van der Waals surface area contributed by atoms with Gasteiger partial charge in [0.2, 0.25) is 0 Å². The average molecular weight is 335 g/mol. The highest BCUT2D eigenvalue weighted by atomic mass is 16.5. The first kappa shape index (κ1) is 20.9. The van der Waals surface area contributed by atoms with Crippen molar-refractivity contribution in [3.8, 4) is 11.5 Å². The molecule has 1 atom stereocenters. The summed E-state index contributed by atoms with van der Waals surface area (Å²) >= 11 is 0. The number of hydrogen-bond donors (Lipinski definition) is 1. The molecule has 1 unspecified atom stereocenters. The van der Waals surface area contributed by atoms with Crippen molar-refractivity contribution >= 4 is 0 Å². The summed E-state index contributed by atoms with van der Waals surface area (Å²) in [5, 5.41) is 9.40. The van der Waals surface area contributed by atoms with Crippen molar-refractivity contribution < 1.29 is 9.84 Å². The highest BCUT2D eigenvalue weighted by Crippen LogP contribution is 2.22. The minimum absolute atomic E-state index is 0.300. The molecule has 0 heterocycles. The van der Waals surface area contributed by atoms with Crippen molar-refractivity contribution in [3.63, 3.8) is 0 Å². The van der Waals surface area contributed by atoms with Crippen LogP contribution in [0.4, 0.5) is 0 Å². The van der Waals surface area contributed by atoms with Crippen LogP contribution in [0.2, 0.25) is 0 Å². The Morgan fingerprint density at radius 3 is 1.71 bits per heavy atom. The predicted molar refractivity (Wildman–Crippen MR) is 104 cm³/mol. The zero-order valence-electron chi connectivity index (χ0n) is 15.9. The van der Waals surface area contributed by atoms with Crippen LogP contribution in [0.5, 0.6) is 11.5 Å². The van der Waals surface area contributed by atoms with Crippen LogP contribution >= 0.6 is 0 Å². The molecule has 0 aliphatic rings. The summed E-state index contributed by atoms with van der Waals surface area (Å²) in [7, 11) is 0. The molecule has 2 nitrogen and oxygen atoms in total. The van der Waals surface area contributed by atoms with Crippen LogP contribution in [0.15, 0.2) is 24.3 Å². The van der Waals surface area contributed by atoms with Crippen LogP contribution in [0, 0.1) is 0 Å². The van der Waals surface area contributed by atoms with Crippen LogP contribution in [-0.2, 0) is 0 Å². The van der Waals surface area contributed by atoms with Crippen molar-refractivity contribution in [3.05, 3.63) is 24.3 Å². The quantitative estimate of drug-likeness (QED) is 0.342. The first-order valence-electron chi connectivity index (χ1n) is 10.2. The van der Waals surface area contributed by atoms with Crippen LogP contribution in [-0.4, -0.2) is 11.2 Å². The summed E-state index contributed by atoms with van der Waals surface area (Å²) in [6, 6.07) is 7.16. The van der Waals surface area contributed by atoms with Crippen LogP contribution in [0.1, 0.15) is 97.3 Å². The van der Waals surface area contributed by atoms with Gasteiger partial charge in [-0.1, -0.05) is 71.6 Å². The minimum Gasteiger partial charge on any atom is -0.508 e. The number of phenols is 1. The number of benzene rings is 1. The maximum atomic E-state index is 9.40. The Morgan fingerprint density at radius 2 is 1.17 bits per heavy atom. The van der Waals surface area contributed by atoms with Gasteiger partial charge in [-0.05, 0) is 49.9 Å². The van der Waals surface area contributed by atoms with Crippen molar-refractivity contribution in [1.29, 1.82) is 0 Å². The maximum absolute atomic E-state index is 9.40. The van der Waals surface area contributed by atoms with Crippen molar-refractivity contribution in [2.45, 2.75) is 103 Å². The first-order chi connectivity index (χ1) is 11.8. The second-order valence-corrected chi connectivity index (χ2v) is 6.99. The molecular formula is C22H38O2. The molecular weight excluding hydrogens is 296 g/mol. The second-order valence-electron chi connectivity index (χ2n) is 6.99. The summed E-state index contributed by atoms with van der Waals surface area (Å²) in [6.07, 6.45) is 17.2. The van der Waals surface area contributed by atoms with Gasteiger partial charge >= 0.3 is 0 Å². The normalized spacial score (nSPS) is 12.2. The van der Waals surface area contributed by atoms with E-state index in [9.17, 15) is 5.11 Å². The van der Waals surface area contributed by atoms with Gasteiger partial charge in [0.1, 0.15) is 11.5 Å².